The Balaban J connectivity index is 1.24. The molecule has 0 aliphatic carbocycles. The number of benzene rings is 2. The molecule has 1 atom stereocenters. The summed E-state index contributed by atoms with van der Waals surface area (Å²) in [6, 6.07) is 15.2. The molecule has 4 heterocycles. The number of carbonyl (C=O) groups excluding carboxylic acids is 2. The number of ketones is 1. The molecule has 2 saturated heterocycles. The number of aromatic nitrogens is 1. The number of fused-ring (bicyclic) bond motifs is 1. The number of hydrogen-bond acceptors (Lipinski definition) is 8. The second-order valence-electron chi connectivity index (χ2n) is 11.0. The first-order chi connectivity index (χ1) is 20.4. The lowest BCUT2D eigenvalue weighted by Crippen LogP contribution is -2.47. The van der Waals surface area contributed by atoms with E-state index >= 15 is 0 Å². The van der Waals surface area contributed by atoms with Gasteiger partial charge in [0.2, 0.25) is 12.2 Å². The smallest absolute Gasteiger partial charge is 0.244 e. The molecule has 10 nitrogen and oxygen atoms in total. The number of aliphatic imine (C=N–C) groups is 1. The average Bonchev–Trinajstić information content (AvgIpc) is 3.60. The third-order valence-corrected chi connectivity index (χ3v) is 8.08. The van der Waals surface area contributed by atoms with E-state index in [9.17, 15) is 14.7 Å². The van der Waals surface area contributed by atoms with Gasteiger partial charge in [-0.2, -0.15) is 0 Å². The molecule has 1 amide bonds. The second-order valence-corrected chi connectivity index (χ2v) is 11.0. The first-order valence-electron chi connectivity index (χ1n) is 14.5. The summed E-state index contributed by atoms with van der Waals surface area (Å²) in [5.41, 5.74) is 3.28. The third kappa shape index (κ3) is 6.19. The van der Waals surface area contributed by atoms with Crippen molar-refractivity contribution < 1.29 is 28.9 Å². The zero-order valence-electron chi connectivity index (χ0n) is 23.8. The number of hydrogen-bond donors (Lipinski definition) is 2. The van der Waals surface area contributed by atoms with Crippen molar-refractivity contribution in [2.75, 3.05) is 45.9 Å². The fraction of sp³-hybridized carbons (Fsp3) is 0.406. The fourth-order valence-electron chi connectivity index (χ4n) is 5.72. The molecular formula is C32H36N4O6. The van der Waals surface area contributed by atoms with Crippen molar-refractivity contribution in [3.63, 3.8) is 0 Å². The number of allylic oxidation sites excluding steroid dienone is 1. The predicted molar refractivity (Wildman–Crippen MR) is 158 cm³/mol. The first kappa shape index (κ1) is 28.0. The van der Waals surface area contributed by atoms with Crippen LogP contribution in [0.5, 0.6) is 5.88 Å². The molecule has 10 heteroatoms. The van der Waals surface area contributed by atoms with Crippen LogP contribution in [0.3, 0.4) is 0 Å². The van der Waals surface area contributed by atoms with E-state index in [1.54, 1.807) is 24.5 Å². The number of amides is 1. The Morgan fingerprint density at radius 1 is 1.05 bits per heavy atom. The summed E-state index contributed by atoms with van der Waals surface area (Å²) in [5, 5.41) is 11.8. The quantitative estimate of drug-likeness (QED) is 0.313. The van der Waals surface area contributed by atoms with E-state index in [1.165, 1.54) is 6.92 Å². The number of likely N-dealkylation sites (tertiary alicyclic amines) is 1. The van der Waals surface area contributed by atoms with Crippen molar-refractivity contribution in [3.8, 4) is 5.88 Å². The van der Waals surface area contributed by atoms with Crippen molar-refractivity contribution >= 4 is 28.3 Å². The van der Waals surface area contributed by atoms with E-state index < -0.39 is 6.29 Å². The molecule has 2 fully saturated rings. The van der Waals surface area contributed by atoms with Gasteiger partial charge in [-0.3, -0.25) is 19.5 Å². The van der Waals surface area contributed by atoms with Crippen LogP contribution in [0.25, 0.3) is 10.9 Å². The summed E-state index contributed by atoms with van der Waals surface area (Å²) >= 11 is 0. The molecule has 3 aliphatic rings. The minimum absolute atomic E-state index is 0.0472. The van der Waals surface area contributed by atoms with E-state index in [4.69, 9.17) is 19.2 Å². The number of Topliss-reactive ketones (excluding diaryl/α,β-unsaturated/α-hetero) is 1. The zero-order valence-corrected chi connectivity index (χ0v) is 23.8. The first-order valence-corrected chi connectivity index (χ1v) is 14.5. The minimum atomic E-state index is -0.527. The monoisotopic (exact) mass is 572 g/mol. The summed E-state index contributed by atoms with van der Waals surface area (Å²) in [7, 11) is 0. The van der Waals surface area contributed by atoms with E-state index in [-0.39, 0.29) is 23.6 Å². The Bertz CT molecular complexity index is 1500. The number of nitrogens with one attached hydrogen (secondary N) is 1. The number of rotatable bonds is 8. The number of H-pyrrole nitrogens is 1. The molecule has 1 aromatic heterocycles. The SMILES string of the molecule is CC(=O)c1ccc2[nH]c(O)c(C(=NC3CCN(CC(=O)N4CCOCC4)CC3)C3=COC(Cc4ccccc4)O3)c2c1. The highest BCUT2D eigenvalue weighted by atomic mass is 16.7. The van der Waals surface area contributed by atoms with Crippen molar-refractivity contribution in [3.05, 3.63) is 77.2 Å². The van der Waals surface area contributed by atoms with Crippen LogP contribution in [0, 0.1) is 0 Å². The molecule has 0 bridgehead atoms. The van der Waals surface area contributed by atoms with Gasteiger partial charge in [0.1, 0.15) is 12.0 Å². The lowest BCUT2D eigenvalue weighted by molar-refractivity contribution is -0.136. The molecule has 3 aromatic rings. The number of carbonyl (C=O) groups is 2. The fourth-order valence-corrected chi connectivity index (χ4v) is 5.72. The van der Waals surface area contributed by atoms with E-state index in [0.29, 0.717) is 72.8 Å². The maximum Gasteiger partial charge on any atom is 0.244 e. The number of ether oxygens (including phenoxy) is 3. The lowest BCUT2D eigenvalue weighted by atomic mass is 10.0. The van der Waals surface area contributed by atoms with Crippen LogP contribution in [0.2, 0.25) is 0 Å². The van der Waals surface area contributed by atoms with Gasteiger partial charge in [0, 0.05) is 49.1 Å². The third-order valence-electron chi connectivity index (χ3n) is 8.08. The number of aromatic hydroxyl groups is 1. The van der Waals surface area contributed by atoms with Gasteiger partial charge in [-0.1, -0.05) is 30.3 Å². The largest absolute Gasteiger partial charge is 0.494 e. The van der Waals surface area contributed by atoms with Gasteiger partial charge in [0.25, 0.3) is 0 Å². The van der Waals surface area contributed by atoms with Gasteiger partial charge >= 0.3 is 0 Å². The lowest BCUT2D eigenvalue weighted by Gasteiger charge is -2.33. The number of aromatic amines is 1. The molecule has 42 heavy (non-hydrogen) atoms. The van der Waals surface area contributed by atoms with Gasteiger partial charge < -0.3 is 29.2 Å². The van der Waals surface area contributed by atoms with Crippen LogP contribution in [-0.4, -0.2) is 95.6 Å². The Morgan fingerprint density at radius 3 is 2.55 bits per heavy atom. The maximum absolute atomic E-state index is 12.8. The van der Waals surface area contributed by atoms with E-state index in [1.807, 2.05) is 35.2 Å². The highest BCUT2D eigenvalue weighted by molar-refractivity contribution is 6.20. The summed E-state index contributed by atoms with van der Waals surface area (Å²) < 4.78 is 17.5. The second kappa shape index (κ2) is 12.4. The average molecular weight is 573 g/mol. The standard InChI is InChI=1S/C32H36N4O6/c1-21(37)23-7-8-26-25(18-23)30(32(39)34-26)31(27-20-41-29(42-27)17-22-5-3-2-4-6-22)33-24-9-11-35(12-10-24)19-28(38)36-13-15-40-16-14-36/h2-8,18,20,24,29,34,39H,9-17,19H2,1H3. The summed E-state index contributed by atoms with van der Waals surface area (Å²) in [4.78, 5) is 37.1. The Labute approximate surface area is 244 Å². The number of morpholine rings is 1. The number of nitrogens with zero attached hydrogens (tertiary/aromatic N) is 3. The van der Waals surface area contributed by atoms with Crippen LogP contribution in [0.15, 0.2) is 65.5 Å². The molecule has 2 N–H and O–H groups in total. The van der Waals surface area contributed by atoms with Crippen molar-refractivity contribution in [2.24, 2.45) is 4.99 Å². The van der Waals surface area contributed by atoms with Crippen molar-refractivity contribution in [1.82, 2.24) is 14.8 Å². The Hall–Kier alpha value is -4.15. The maximum atomic E-state index is 12.8. The van der Waals surface area contributed by atoms with Crippen LogP contribution >= 0.6 is 0 Å². The molecule has 0 saturated carbocycles. The van der Waals surface area contributed by atoms with Gasteiger partial charge in [-0.15, -0.1) is 0 Å². The Morgan fingerprint density at radius 2 is 1.81 bits per heavy atom. The van der Waals surface area contributed by atoms with Crippen molar-refractivity contribution in [2.45, 2.75) is 38.5 Å². The van der Waals surface area contributed by atoms with Crippen molar-refractivity contribution in [1.29, 1.82) is 0 Å². The number of piperidine rings is 1. The van der Waals surface area contributed by atoms with Crippen LogP contribution in [0.1, 0.15) is 41.3 Å². The van der Waals surface area contributed by atoms with E-state index in [2.05, 4.69) is 9.88 Å². The van der Waals surface area contributed by atoms with Gasteiger partial charge in [0.05, 0.1) is 31.4 Å². The van der Waals surface area contributed by atoms with E-state index in [0.717, 1.165) is 31.5 Å². The predicted octanol–water partition coefficient (Wildman–Crippen LogP) is 3.65. The highest BCUT2D eigenvalue weighted by Gasteiger charge is 2.31. The molecule has 6 rings (SSSR count). The minimum Gasteiger partial charge on any atom is -0.494 e. The Kier molecular flexibility index (Phi) is 8.25. The normalized spacial score (nSPS) is 20.3. The molecule has 1 unspecified atom stereocenters. The van der Waals surface area contributed by atoms with Crippen LogP contribution < -0.4 is 0 Å². The molecule has 0 radical (unpaired) electrons. The molecular weight excluding hydrogens is 536 g/mol. The van der Waals surface area contributed by atoms with Crippen LogP contribution in [-0.2, 0) is 25.4 Å². The van der Waals surface area contributed by atoms with Gasteiger partial charge in [0.15, 0.2) is 17.4 Å². The molecule has 0 spiro atoms. The molecule has 2 aromatic carbocycles. The molecule has 220 valence electrons. The van der Waals surface area contributed by atoms with Crippen LogP contribution in [0.4, 0.5) is 0 Å². The molecule has 3 aliphatic heterocycles. The zero-order chi connectivity index (χ0) is 29.1. The highest BCUT2D eigenvalue weighted by Crippen LogP contribution is 2.34. The van der Waals surface area contributed by atoms with Gasteiger partial charge in [-0.05, 0) is 43.5 Å². The topological polar surface area (TPSA) is 117 Å². The van der Waals surface area contributed by atoms with Gasteiger partial charge in [-0.25, -0.2) is 0 Å². The summed E-state index contributed by atoms with van der Waals surface area (Å²) in [6.45, 7) is 5.85. The summed E-state index contributed by atoms with van der Waals surface area (Å²) in [5.74, 6) is 0.458. The summed E-state index contributed by atoms with van der Waals surface area (Å²) in [6.07, 6.45) is 3.10.